The van der Waals surface area contributed by atoms with Gasteiger partial charge in [-0.15, -0.1) is 0 Å². The van der Waals surface area contributed by atoms with Crippen LogP contribution in [0.2, 0.25) is 0 Å². The highest BCUT2D eigenvalue weighted by Gasteiger charge is 2.27. The van der Waals surface area contributed by atoms with Crippen molar-refractivity contribution in [3.05, 3.63) is 72.3 Å². The fraction of sp³-hybridized carbons (Fsp3) is 0.240. The third-order valence-corrected chi connectivity index (χ3v) is 4.97. The molecule has 0 aliphatic heterocycles. The number of esters is 1. The van der Waals surface area contributed by atoms with Crippen molar-refractivity contribution in [2.45, 2.75) is 19.9 Å². The number of carbonyl (C=O) groups is 3. The summed E-state index contributed by atoms with van der Waals surface area (Å²) in [6, 6.07) is 18.9. The van der Waals surface area contributed by atoms with Crippen molar-refractivity contribution in [3.63, 3.8) is 0 Å². The molecular formula is C25H26N2O5. The third kappa shape index (κ3) is 5.63. The van der Waals surface area contributed by atoms with Crippen LogP contribution in [0.25, 0.3) is 10.8 Å². The lowest BCUT2D eigenvalue weighted by Crippen LogP contribution is -2.45. The van der Waals surface area contributed by atoms with Gasteiger partial charge in [0.2, 0.25) is 0 Å². The molecule has 7 nitrogen and oxygen atoms in total. The van der Waals surface area contributed by atoms with Crippen LogP contribution in [0.4, 0.5) is 5.69 Å². The molecule has 32 heavy (non-hydrogen) atoms. The van der Waals surface area contributed by atoms with Gasteiger partial charge in [-0.1, -0.05) is 50.2 Å². The lowest BCUT2D eigenvalue weighted by atomic mass is 10.0. The highest BCUT2D eigenvalue weighted by Crippen LogP contribution is 2.22. The number of hydrogen-bond acceptors (Lipinski definition) is 5. The summed E-state index contributed by atoms with van der Waals surface area (Å²) < 4.78 is 10.3. The van der Waals surface area contributed by atoms with E-state index in [4.69, 9.17) is 9.47 Å². The van der Waals surface area contributed by atoms with Crippen molar-refractivity contribution < 1.29 is 23.9 Å². The molecule has 0 spiro atoms. The van der Waals surface area contributed by atoms with Crippen LogP contribution in [-0.2, 0) is 14.3 Å². The summed E-state index contributed by atoms with van der Waals surface area (Å²) in [5.74, 6) is -1.15. The zero-order chi connectivity index (χ0) is 23.1. The second-order valence-electron chi connectivity index (χ2n) is 7.61. The molecule has 1 unspecified atom stereocenters. The van der Waals surface area contributed by atoms with Gasteiger partial charge in [0.1, 0.15) is 11.8 Å². The van der Waals surface area contributed by atoms with Gasteiger partial charge in [-0.25, -0.2) is 4.79 Å². The monoisotopic (exact) mass is 434 g/mol. The largest absolute Gasteiger partial charge is 0.497 e. The predicted octanol–water partition coefficient (Wildman–Crippen LogP) is 3.78. The molecule has 0 fully saturated rings. The molecule has 0 aromatic heterocycles. The van der Waals surface area contributed by atoms with Gasteiger partial charge in [-0.05, 0) is 41.6 Å². The quantitative estimate of drug-likeness (QED) is 0.526. The smallest absolute Gasteiger partial charge is 0.329 e. The van der Waals surface area contributed by atoms with E-state index in [9.17, 15) is 14.4 Å². The zero-order valence-electron chi connectivity index (χ0n) is 18.3. The Kier molecular flexibility index (Phi) is 7.44. The zero-order valence-corrected chi connectivity index (χ0v) is 18.3. The minimum atomic E-state index is -0.894. The van der Waals surface area contributed by atoms with E-state index in [-0.39, 0.29) is 5.92 Å². The summed E-state index contributed by atoms with van der Waals surface area (Å²) in [4.78, 5) is 37.5. The number of methoxy groups -OCH3 is 1. The average molecular weight is 434 g/mol. The van der Waals surface area contributed by atoms with Crippen molar-refractivity contribution in [1.29, 1.82) is 0 Å². The van der Waals surface area contributed by atoms with Gasteiger partial charge >= 0.3 is 5.97 Å². The number of benzene rings is 3. The van der Waals surface area contributed by atoms with Crippen molar-refractivity contribution in [1.82, 2.24) is 5.32 Å². The Labute approximate surface area is 186 Å². The lowest BCUT2D eigenvalue weighted by Gasteiger charge is -2.21. The Balaban J connectivity index is 1.59. The first-order chi connectivity index (χ1) is 15.4. The summed E-state index contributed by atoms with van der Waals surface area (Å²) in [5, 5.41) is 7.33. The van der Waals surface area contributed by atoms with Crippen LogP contribution in [0.5, 0.6) is 5.75 Å². The van der Waals surface area contributed by atoms with Crippen LogP contribution in [-0.4, -0.2) is 37.5 Å². The number of anilines is 1. The minimum Gasteiger partial charge on any atom is -0.497 e. The third-order valence-electron chi connectivity index (χ3n) is 4.97. The molecule has 7 heteroatoms. The van der Waals surface area contributed by atoms with Gasteiger partial charge in [0.05, 0.1) is 7.11 Å². The van der Waals surface area contributed by atoms with Crippen LogP contribution < -0.4 is 15.4 Å². The fourth-order valence-corrected chi connectivity index (χ4v) is 3.21. The molecule has 2 N–H and O–H groups in total. The number of amides is 2. The van der Waals surface area contributed by atoms with E-state index in [0.29, 0.717) is 17.0 Å². The summed E-state index contributed by atoms with van der Waals surface area (Å²) >= 11 is 0. The maximum absolute atomic E-state index is 12.6. The van der Waals surface area contributed by atoms with Crippen molar-refractivity contribution in [2.24, 2.45) is 5.92 Å². The molecule has 3 aromatic carbocycles. The Morgan fingerprint density at radius 1 is 0.906 bits per heavy atom. The molecule has 2 amide bonds. The molecule has 166 valence electrons. The Morgan fingerprint density at radius 2 is 1.59 bits per heavy atom. The maximum Gasteiger partial charge on any atom is 0.329 e. The molecular weight excluding hydrogens is 408 g/mol. The number of rotatable bonds is 8. The topological polar surface area (TPSA) is 93.7 Å². The van der Waals surface area contributed by atoms with E-state index in [1.807, 2.05) is 36.4 Å². The van der Waals surface area contributed by atoms with E-state index in [0.717, 1.165) is 10.8 Å². The van der Waals surface area contributed by atoms with Gasteiger partial charge in [0.15, 0.2) is 6.61 Å². The maximum atomic E-state index is 12.6. The molecule has 3 aromatic rings. The van der Waals surface area contributed by atoms with Crippen molar-refractivity contribution >= 4 is 34.2 Å². The van der Waals surface area contributed by atoms with E-state index < -0.39 is 30.4 Å². The average Bonchev–Trinajstić information content (AvgIpc) is 2.81. The summed E-state index contributed by atoms with van der Waals surface area (Å²) in [6.07, 6.45) is 0. The van der Waals surface area contributed by atoms with E-state index >= 15 is 0 Å². The SMILES string of the molecule is COc1ccc(C(=O)NC(C(=O)OCC(=O)Nc2cccc3ccccc23)C(C)C)cc1. The number of carbonyl (C=O) groups excluding carboxylic acids is 3. The fourth-order valence-electron chi connectivity index (χ4n) is 3.21. The van der Waals surface area contributed by atoms with E-state index in [2.05, 4.69) is 10.6 Å². The molecule has 0 saturated carbocycles. The summed E-state index contributed by atoms with van der Waals surface area (Å²) in [7, 11) is 1.54. The summed E-state index contributed by atoms with van der Waals surface area (Å²) in [6.45, 7) is 3.12. The van der Waals surface area contributed by atoms with Crippen LogP contribution in [0.15, 0.2) is 66.7 Å². The van der Waals surface area contributed by atoms with Crippen molar-refractivity contribution in [2.75, 3.05) is 19.0 Å². The molecule has 1 atom stereocenters. The second-order valence-corrected chi connectivity index (χ2v) is 7.61. The Morgan fingerprint density at radius 3 is 2.28 bits per heavy atom. The lowest BCUT2D eigenvalue weighted by molar-refractivity contribution is -0.150. The number of ether oxygens (including phenoxy) is 2. The van der Waals surface area contributed by atoms with Gasteiger partial charge in [0.25, 0.3) is 11.8 Å². The molecule has 0 radical (unpaired) electrons. The molecule has 0 aliphatic rings. The first-order valence-corrected chi connectivity index (χ1v) is 10.3. The first-order valence-electron chi connectivity index (χ1n) is 10.3. The number of fused-ring (bicyclic) bond motifs is 1. The normalized spacial score (nSPS) is 11.6. The highest BCUT2D eigenvalue weighted by molar-refractivity contribution is 6.03. The van der Waals surface area contributed by atoms with E-state index in [1.165, 1.54) is 7.11 Å². The molecule has 0 saturated heterocycles. The Hall–Kier alpha value is -3.87. The second kappa shape index (κ2) is 10.4. The molecule has 0 aliphatic carbocycles. The standard InChI is InChI=1S/C25H26N2O5/c1-16(2)23(27-24(29)18-11-13-19(31-3)14-12-18)25(30)32-15-22(28)26-21-10-6-8-17-7-4-5-9-20(17)21/h4-14,16,23H,15H2,1-3H3,(H,26,28)(H,27,29). The van der Waals surface area contributed by atoms with Gasteiger partial charge in [-0.3, -0.25) is 9.59 Å². The Bertz CT molecular complexity index is 1100. The highest BCUT2D eigenvalue weighted by atomic mass is 16.5. The van der Waals surface area contributed by atoms with Crippen molar-refractivity contribution in [3.8, 4) is 5.75 Å². The molecule has 0 bridgehead atoms. The van der Waals surface area contributed by atoms with Gasteiger partial charge in [0, 0.05) is 16.6 Å². The van der Waals surface area contributed by atoms with Gasteiger partial charge < -0.3 is 20.1 Å². The predicted molar refractivity (Wildman–Crippen MR) is 123 cm³/mol. The van der Waals surface area contributed by atoms with Crippen LogP contribution in [0.1, 0.15) is 24.2 Å². The van der Waals surface area contributed by atoms with Crippen LogP contribution in [0, 0.1) is 5.92 Å². The summed E-state index contributed by atoms with van der Waals surface area (Å²) in [5.41, 5.74) is 1.02. The first kappa shape index (κ1) is 22.8. The molecule has 0 heterocycles. The van der Waals surface area contributed by atoms with E-state index in [1.54, 1.807) is 44.2 Å². The van der Waals surface area contributed by atoms with Crippen LogP contribution in [0.3, 0.4) is 0 Å². The van der Waals surface area contributed by atoms with Crippen LogP contribution >= 0.6 is 0 Å². The number of nitrogens with one attached hydrogen (secondary N) is 2. The minimum absolute atomic E-state index is 0.231. The van der Waals surface area contributed by atoms with Gasteiger partial charge in [-0.2, -0.15) is 0 Å². The number of hydrogen-bond donors (Lipinski definition) is 2. The molecule has 3 rings (SSSR count).